The molecule has 0 aliphatic heterocycles. The molecule has 0 unspecified atom stereocenters. The van der Waals surface area contributed by atoms with Gasteiger partial charge in [0.25, 0.3) is 10.0 Å². The van der Waals surface area contributed by atoms with Crippen molar-refractivity contribution in [2.45, 2.75) is 31.6 Å². The van der Waals surface area contributed by atoms with E-state index in [2.05, 4.69) is 28.9 Å². The van der Waals surface area contributed by atoms with E-state index in [4.69, 9.17) is 0 Å². The summed E-state index contributed by atoms with van der Waals surface area (Å²) in [4.78, 5) is 4.51. The molecule has 140 valence electrons. The van der Waals surface area contributed by atoms with Crippen molar-refractivity contribution in [1.29, 1.82) is 0 Å². The minimum atomic E-state index is -3.64. The molecule has 1 heterocycles. The molecule has 0 aliphatic rings. The minimum Gasteiger partial charge on any atom is -0.340 e. The monoisotopic (exact) mass is 381 g/mol. The Labute approximate surface area is 160 Å². The van der Waals surface area contributed by atoms with Crippen LogP contribution in [-0.4, -0.2) is 13.4 Å². The van der Waals surface area contributed by atoms with E-state index < -0.39 is 10.0 Å². The van der Waals surface area contributed by atoms with Crippen LogP contribution in [0.15, 0.2) is 71.8 Å². The highest BCUT2D eigenvalue weighted by Crippen LogP contribution is 2.21. The number of hydrogen-bond acceptors (Lipinski definition) is 4. The zero-order valence-corrected chi connectivity index (χ0v) is 16.4. The van der Waals surface area contributed by atoms with Crippen LogP contribution in [0.2, 0.25) is 0 Å². The normalized spacial score (nSPS) is 11.4. The number of nitrogens with one attached hydrogen (secondary N) is 2. The maximum Gasteiger partial charge on any atom is 0.261 e. The largest absolute Gasteiger partial charge is 0.340 e. The molecule has 0 atom stereocenters. The van der Waals surface area contributed by atoms with Crippen molar-refractivity contribution >= 4 is 27.2 Å². The summed E-state index contributed by atoms with van der Waals surface area (Å²) in [5.41, 5.74) is 3.59. The van der Waals surface area contributed by atoms with Gasteiger partial charge in [-0.3, -0.25) is 4.72 Å². The van der Waals surface area contributed by atoms with E-state index in [0.717, 1.165) is 16.8 Å². The fourth-order valence-corrected chi connectivity index (χ4v) is 3.69. The van der Waals surface area contributed by atoms with Crippen molar-refractivity contribution in [2.24, 2.45) is 0 Å². The van der Waals surface area contributed by atoms with Crippen LogP contribution in [0, 0.1) is 6.92 Å². The molecule has 3 aromatic rings. The van der Waals surface area contributed by atoms with Crippen LogP contribution in [0.3, 0.4) is 0 Å². The lowest BCUT2D eigenvalue weighted by molar-refractivity contribution is 0.601. The molecule has 0 radical (unpaired) electrons. The molecule has 2 aromatic carbocycles. The third-order valence-corrected chi connectivity index (χ3v) is 5.56. The number of sulfonamides is 1. The van der Waals surface area contributed by atoms with Crippen LogP contribution in [0.25, 0.3) is 0 Å². The average molecular weight is 382 g/mol. The van der Waals surface area contributed by atoms with Crippen LogP contribution in [0.1, 0.15) is 30.9 Å². The first kappa shape index (κ1) is 18.9. The molecule has 0 aliphatic carbocycles. The molecule has 0 fully saturated rings. The van der Waals surface area contributed by atoms with Crippen LogP contribution < -0.4 is 10.0 Å². The van der Waals surface area contributed by atoms with E-state index in [9.17, 15) is 8.42 Å². The van der Waals surface area contributed by atoms with Crippen molar-refractivity contribution in [3.05, 3.63) is 78.0 Å². The number of anilines is 3. The van der Waals surface area contributed by atoms with Crippen molar-refractivity contribution in [1.82, 2.24) is 4.98 Å². The summed E-state index contributed by atoms with van der Waals surface area (Å²) in [6, 6.07) is 18.3. The Morgan fingerprint density at radius 1 is 0.926 bits per heavy atom. The van der Waals surface area contributed by atoms with Crippen LogP contribution >= 0.6 is 0 Å². The van der Waals surface area contributed by atoms with Gasteiger partial charge in [-0.2, -0.15) is 0 Å². The van der Waals surface area contributed by atoms with E-state index in [0.29, 0.717) is 17.4 Å². The molecule has 2 N–H and O–H groups in total. The summed E-state index contributed by atoms with van der Waals surface area (Å²) in [6.45, 7) is 6.16. The van der Waals surface area contributed by atoms with Crippen molar-refractivity contribution in [2.75, 3.05) is 10.0 Å². The summed E-state index contributed by atoms with van der Waals surface area (Å²) >= 11 is 0. The number of rotatable bonds is 6. The second-order valence-corrected chi connectivity index (χ2v) is 8.44. The van der Waals surface area contributed by atoms with Crippen molar-refractivity contribution in [3.63, 3.8) is 0 Å². The molecule has 27 heavy (non-hydrogen) atoms. The highest BCUT2D eigenvalue weighted by molar-refractivity contribution is 7.92. The third kappa shape index (κ3) is 4.86. The van der Waals surface area contributed by atoms with Gasteiger partial charge in [0, 0.05) is 5.69 Å². The Bertz CT molecular complexity index is 1010. The lowest BCUT2D eigenvalue weighted by Crippen LogP contribution is -2.13. The Hall–Kier alpha value is -2.86. The van der Waals surface area contributed by atoms with E-state index in [1.54, 1.807) is 24.3 Å². The third-order valence-electron chi connectivity index (χ3n) is 4.16. The van der Waals surface area contributed by atoms with Crippen molar-refractivity contribution in [3.8, 4) is 0 Å². The Kier molecular flexibility index (Phi) is 5.46. The molecule has 0 saturated carbocycles. The number of pyridine rings is 1. The van der Waals surface area contributed by atoms with E-state index in [1.807, 2.05) is 43.3 Å². The van der Waals surface area contributed by atoms with Gasteiger partial charge in [-0.15, -0.1) is 0 Å². The van der Waals surface area contributed by atoms with E-state index >= 15 is 0 Å². The molecule has 6 heteroatoms. The summed E-state index contributed by atoms with van der Waals surface area (Å²) in [7, 11) is -3.64. The van der Waals surface area contributed by atoms with E-state index in [1.165, 1.54) is 6.20 Å². The molecule has 0 amide bonds. The predicted molar refractivity (Wildman–Crippen MR) is 110 cm³/mol. The molecule has 0 spiro atoms. The summed E-state index contributed by atoms with van der Waals surface area (Å²) in [5.74, 6) is 0.997. The number of nitrogens with zero attached hydrogens (tertiary/aromatic N) is 1. The summed E-state index contributed by atoms with van der Waals surface area (Å²) < 4.78 is 27.6. The number of hydrogen-bond donors (Lipinski definition) is 2. The second kappa shape index (κ2) is 7.80. The fourth-order valence-electron chi connectivity index (χ4n) is 2.64. The highest BCUT2D eigenvalue weighted by atomic mass is 32.2. The van der Waals surface area contributed by atoms with E-state index in [-0.39, 0.29) is 4.90 Å². The topological polar surface area (TPSA) is 71.1 Å². The minimum absolute atomic E-state index is 0.230. The summed E-state index contributed by atoms with van der Waals surface area (Å²) in [6.07, 6.45) is 1.50. The number of aryl methyl sites for hydroxylation is 1. The predicted octanol–water partition coefficient (Wildman–Crippen LogP) is 5.06. The maximum absolute atomic E-state index is 12.5. The highest BCUT2D eigenvalue weighted by Gasteiger charge is 2.14. The lowest BCUT2D eigenvalue weighted by Gasteiger charge is -2.11. The standard InChI is InChI=1S/C21H23N3O2S/c1-15(2)17-7-10-20(11-8-17)27(25,26)24-19-9-12-21(22-14-19)23-18-6-4-5-16(3)13-18/h4-15,24H,1-3H3,(H,22,23). The van der Waals surface area contributed by atoms with Crippen LogP contribution in [0.5, 0.6) is 0 Å². The molecule has 1 aromatic heterocycles. The molecule has 0 bridgehead atoms. The molecule has 0 saturated heterocycles. The molecular formula is C21H23N3O2S. The van der Waals surface area contributed by atoms with Gasteiger partial charge >= 0.3 is 0 Å². The molecular weight excluding hydrogens is 358 g/mol. The first-order valence-electron chi connectivity index (χ1n) is 8.76. The van der Waals surface area contributed by atoms with Gasteiger partial charge in [0.1, 0.15) is 5.82 Å². The quantitative estimate of drug-likeness (QED) is 0.626. The van der Waals surface area contributed by atoms with Crippen molar-refractivity contribution < 1.29 is 8.42 Å². The number of benzene rings is 2. The Morgan fingerprint density at radius 2 is 1.67 bits per heavy atom. The molecule has 3 rings (SSSR count). The lowest BCUT2D eigenvalue weighted by atomic mass is 10.0. The van der Waals surface area contributed by atoms with Gasteiger partial charge in [0.05, 0.1) is 16.8 Å². The Balaban J connectivity index is 1.71. The van der Waals surface area contributed by atoms with Crippen LogP contribution in [-0.2, 0) is 10.0 Å². The van der Waals surface area contributed by atoms with Gasteiger partial charge in [-0.1, -0.05) is 38.1 Å². The smallest absolute Gasteiger partial charge is 0.261 e. The van der Waals surface area contributed by atoms with Gasteiger partial charge in [0.2, 0.25) is 0 Å². The van der Waals surface area contributed by atoms with Gasteiger partial charge in [0.15, 0.2) is 0 Å². The number of aromatic nitrogens is 1. The molecule has 5 nitrogen and oxygen atoms in total. The average Bonchev–Trinajstić information content (AvgIpc) is 2.63. The van der Waals surface area contributed by atoms with Gasteiger partial charge in [-0.25, -0.2) is 13.4 Å². The first-order valence-corrected chi connectivity index (χ1v) is 10.2. The SMILES string of the molecule is Cc1cccc(Nc2ccc(NS(=O)(=O)c3ccc(C(C)C)cc3)cn2)c1. The summed E-state index contributed by atoms with van der Waals surface area (Å²) in [5, 5.41) is 3.19. The van der Waals surface area contributed by atoms with Gasteiger partial charge in [-0.05, 0) is 60.4 Å². The maximum atomic E-state index is 12.5. The second-order valence-electron chi connectivity index (χ2n) is 6.76. The zero-order valence-electron chi connectivity index (χ0n) is 15.6. The fraction of sp³-hybridized carbons (Fsp3) is 0.190. The first-order chi connectivity index (χ1) is 12.8. The zero-order chi connectivity index (χ0) is 19.4. The van der Waals surface area contributed by atoms with Crippen LogP contribution in [0.4, 0.5) is 17.2 Å². The van der Waals surface area contributed by atoms with Gasteiger partial charge < -0.3 is 5.32 Å². The Morgan fingerprint density at radius 3 is 2.26 bits per heavy atom.